The van der Waals surface area contributed by atoms with Crippen LogP contribution in [0.1, 0.15) is 19.7 Å². The van der Waals surface area contributed by atoms with Crippen LogP contribution in [-0.2, 0) is 13.1 Å². The molecule has 0 spiro atoms. The lowest BCUT2D eigenvalue weighted by atomic mass is 10.1. The van der Waals surface area contributed by atoms with Crippen molar-refractivity contribution in [1.29, 1.82) is 0 Å². The van der Waals surface area contributed by atoms with Gasteiger partial charge in [0.05, 0.1) is 19.3 Å². The second kappa shape index (κ2) is 7.00. The Kier molecular flexibility index (Phi) is 4.81. The molecule has 2 heterocycles. The molecule has 2 aromatic rings. The van der Waals surface area contributed by atoms with Crippen LogP contribution < -0.4 is 9.64 Å². The molecule has 1 saturated heterocycles. The van der Waals surface area contributed by atoms with Gasteiger partial charge in [-0.15, -0.1) is 0 Å². The topological polar surface area (TPSA) is 46.4 Å². The van der Waals surface area contributed by atoms with Gasteiger partial charge in [-0.05, 0) is 26.0 Å². The summed E-state index contributed by atoms with van der Waals surface area (Å²) in [6, 6.07) is 8.69. The summed E-state index contributed by atoms with van der Waals surface area (Å²) in [7, 11) is 1.73. The lowest BCUT2D eigenvalue weighted by Gasteiger charge is -2.41. The van der Waals surface area contributed by atoms with Crippen LogP contribution in [-0.4, -0.2) is 52.5 Å². The van der Waals surface area contributed by atoms with Crippen LogP contribution in [0.4, 0.5) is 5.69 Å². The quantitative estimate of drug-likeness (QED) is 0.845. The second-order valence-electron chi connectivity index (χ2n) is 5.93. The maximum atomic E-state index is 5.50. The summed E-state index contributed by atoms with van der Waals surface area (Å²) in [5.74, 6) is 1.99. The Morgan fingerprint density at radius 3 is 2.83 bits per heavy atom. The van der Waals surface area contributed by atoms with Gasteiger partial charge in [0.15, 0.2) is 0 Å². The summed E-state index contributed by atoms with van der Waals surface area (Å²) < 4.78 is 7.47. The van der Waals surface area contributed by atoms with Crippen LogP contribution in [0.25, 0.3) is 0 Å². The summed E-state index contributed by atoms with van der Waals surface area (Å²) in [5, 5.41) is 4.26. The van der Waals surface area contributed by atoms with Crippen molar-refractivity contribution >= 4 is 5.69 Å². The number of para-hydroxylation sites is 2. The van der Waals surface area contributed by atoms with Crippen molar-refractivity contribution in [2.24, 2.45) is 0 Å². The monoisotopic (exact) mass is 315 g/mol. The molecule has 1 fully saturated rings. The third-order valence-corrected chi connectivity index (χ3v) is 4.53. The molecule has 6 nitrogen and oxygen atoms in total. The maximum absolute atomic E-state index is 5.50. The summed E-state index contributed by atoms with van der Waals surface area (Å²) in [4.78, 5) is 9.28. The zero-order chi connectivity index (χ0) is 16.2. The van der Waals surface area contributed by atoms with Crippen LogP contribution in [0.2, 0.25) is 0 Å². The van der Waals surface area contributed by atoms with E-state index in [1.54, 1.807) is 13.4 Å². The average Bonchev–Trinajstić information content (AvgIpc) is 3.04. The van der Waals surface area contributed by atoms with Crippen molar-refractivity contribution < 1.29 is 4.74 Å². The molecule has 0 amide bonds. The van der Waals surface area contributed by atoms with Crippen molar-refractivity contribution in [2.45, 2.75) is 33.0 Å². The molecule has 0 aliphatic carbocycles. The van der Waals surface area contributed by atoms with Crippen molar-refractivity contribution in [3.63, 3.8) is 0 Å². The minimum Gasteiger partial charge on any atom is -0.495 e. The molecule has 3 rings (SSSR count). The highest BCUT2D eigenvalue weighted by Gasteiger charge is 2.26. The molecule has 1 aliphatic rings. The molecule has 1 atom stereocenters. The van der Waals surface area contributed by atoms with Gasteiger partial charge >= 0.3 is 0 Å². The van der Waals surface area contributed by atoms with Gasteiger partial charge in [0.2, 0.25) is 0 Å². The van der Waals surface area contributed by atoms with Gasteiger partial charge in [-0.1, -0.05) is 12.1 Å². The van der Waals surface area contributed by atoms with Gasteiger partial charge in [-0.2, -0.15) is 5.10 Å². The predicted molar refractivity (Wildman–Crippen MR) is 90.8 cm³/mol. The van der Waals surface area contributed by atoms with E-state index < -0.39 is 0 Å². The predicted octanol–water partition coefficient (Wildman–Crippen LogP) is 2.02. The number of hydrogen-bond acceptors (Lipinski definition) is 5. The summed E-state index contributed by atoms with van der Waals surface area (Å²) in [6.45, 7) is 9.08. The van der Waals surface area contributed by atoms with Gasteiger partial charge in [-0.25, -0.2) is 9.67 Å². The molecule has 0 N–H and O–H groups in total. The number of anilines is 1. The maximum Gasteiger partial charge on any atom is 0.142 e. The molecule has 0 radical (unpaired) electrons. The van der Waals surface area contributed by atoms with Gasteiger partial charge in [0.1, 0.15) is 17.9 Å². The highest BCUT2D eigenvalue weighted by atomic mass is 16.5. The highest BCUT2D eigenvalue weighted by Crippen LogP contribution is 2.29. The number of methoxy groups -OCH3 is 1. The standard InChI is InChI=1S/C17H25N5O/c1-4-22-17(18-13-19-22)12-20-9-10-21(11-14(20)2)15-7-5-6-8-16(15)23-3/h5-8,13-14H,4,9-12H2,1-3H3. The van der Waals surface area contributed by atoms with Crippen LogP contribution in [0.15, 0.2) is 30.6 Å². The number of rotatable bonds is 5. The van der Waals surface area contributed by atoms with E-state index in [-0.39, 0.29) is 0 Å². The Labute approximate surface area is 137 Å². The lowest BCUT2D eigenvalue weighted by Crippen LogP contribution is -2.51. The number of aryl methyl sites for hydroxylation is 1. The van der Waals surface area contributed by atoms with E-state index in [2.05, 4.69) is 45.9 Å². The first-order valence-corrected chi connectivity index (χ1v) is 8.21. The number of benzene rings is 1. The molecule has 0 bridgehead atoms. The lowest BCUT2D eigenvalue weighted by molar-refractivity contribution is 0.173. The molecule has 6 heteroatoms. The van der Waals surface area contributed by atoms with Crippen LogP contribution >= 0.6 is 0 Å². The van der Waals surface area contributed by atoms with E-state index in [0.29, 0.717) is 6.04 Å². The fraction of sp³-hybridized carbons (Fsp3) is 0.529. The van der Waals surface area contributed by atoms with E-state index in [9.17, 15) is 0 Å². The number of aromatic nitrogens is 3. The van der Waals surface area contributed by atoms with Crippen LogP contribution in [0.5, 0.6) is 5.75 Å². The van der Waals surface area contributed by atoms with Crippen molar-refractivity contribution in [3.05, 3.63) is 36.4 Å². The molecule has 23 heavy (non-hydrogen) atoms. The van der Waals surface area contributed by atoms with Crippen molar-refractivity contribution in [2.75, 3.05) is 31.6 Å². The van der Waals surface area contributed by atoms with Crippen molar-refractivity contribution in [3.8, 4) is 5.75 Å². The van der Waals surface area contributed by atoms with E-state index in [1.807, 2.05) is 16.8 Å². The van der Waals surface area contributed by atoms with Gasteiger partial charge in [0, 0.05) is 32.2 Å². The van der Waals surface area contributed by atoms with Gasteiger partial charge in [0.25, 0.3) is 0 Å². The normalized spacial score (nSPS) is 19.1. The third kappa shape index (κ3) is 3.32. The zero-order valence-electron chi connectivity index (χ0n) is 14.1. The smallest absolute Gasteiger partial charge is 0.142 e. The van der Waals surface area contributed by atoms with E-state index in [0.717, 1.165) is 44.3 Å². The number of hydrogen-bond donors (Lipinski definition) is 0. The Morgan fingerprint density at radius 1 is 1.26 bits per heavy atom. The minimum atomic E-state index is 0.454. The molecular weight excluding hydrogens is 290 g/mol. The molecule has 1 unspecified atom stereocenters. The first-order chi connectivity index (χ1) is 11.2. The second-order valence-corrected chi connectivity index (χ2v) is 5.93. The largest absolute Gasteiger partial charge is 0.495 e. The minimum absolute atomic E-state index is 0.454. The third-order valence-electron chi connectivity index (χ3n) is 4.53. The number of nitrogens with zero attached hydrogens (tertiary/aromatic N) is 5. The van der Waals surface area contributed by atoms with Gasteiger partial charge < -0.3 is 9.64 Å². The molecule has 1 aliphatic heterocycles. The van der Waals surface area contributed by atoms with E-state index in [1.165, 1.54) is 5.69 Å². The average molecular weight is 315 g/mol. The Bertz CT molecular complexity index is 641. The molecule has 0 saturated carbocycles. The first kappa shape index (κ1) is 15.8. The Hall–Kier alpha value is -2.08. The van der Waals surface area contributed by atoms with Crippen LogP contribution in [0, 0.1) is 0 Å². The van der Waals surface area contributed by atoms with E-state index in [4.69, 9.17) is 4.74 Å². The first-order valence-electron chi connectivity index (χ1n) is 8.21. The van der Waals surface area contributed by atoms with Crippen molar-refractivity contribution in [1.82, 2.24) is 19.7 Å². The molecule has 1 aromatic heterocycles. The SMILES string of the molecule is CCn1ncnc1CN1CCN(c2ccccc2OC)CC1C. The van der Waals surface area contributed by atoms with E-state index >= 15 is 0 Å². The fourth-order valence-corrected chi connectivity index (χ4v) is 3.20. The fourth-order valence-electron chi connectivity index (χ4n) is 3.20. The van der Waals surface area contributed by atoms with Gasteiger partial charge in [-0.3, -0.25) is 4.90 Å². The Balaban J connectivity index is 1.68. The highest BCUT2D eigenvalue weighted by molar-refractivity contribution is 5.58. The van der Waals surface area contributed by atoms with Crippen LogP contribution in [0.3, 0.4) is 0 Å². The number of ether oxygens (including phenoxy) is 1. The summed E-state index contributed by atoms with van der Waals surface area (Å²) in [6.07, 6.45) is 1.65. The number of piperazine rings is 1. The molecule has 124 valence electrons. The Morgan fingerprint density at radius 2 is 2.09 bits per heavy atom. The molecular formula is C17H25N5O. The molecule has 1 aromatic carbocycles. The summed E-state index contributed by atoms with van der Waals surface area (Å²) >= 11 is 0. The zero-order valence-corrected chi connectivity index (χ0v) is 14.1. The summed E-state index contributed by atoms with van der Waals surface area (Å²) in [5.41, 5.74) is 1.18.